The van der Waals surface area contributed by atoms with Gasteiger partial charge >= 0.3 is 0 Å². The highest BCUT2D eigenvalue weighted by atomic mass is 15.4. The molecule has 0 unspecified atom stereocenters. The van der Waals surface area contributed by atoms with Gasteiger partial charge in [0.2, 0.25) is 0 Å². The average Bonchev–Trinajstić information content (AvgIpc) is 2.94. The van der Waals surface area contributed by atoms with E-state index in [0.29, 0.717) is 17.3 Å². The van der Waals surface area contributed by atoms with E-state index in [1.807, 2.05) is 44.3 Å². The van der Waals surface area contributed by atoms with Crippen molar-refractivity contribution in [3.63, 3.8) is 0 Å². The molecule has 0 amide bonds. The van der Waals surface area contributed by atoms with Crippen LogP contribution < -0.4 is 11.6 Å². The van der Waals surface area contributed by atoms with E-state index in [-0.39, 0.29) is 0 Å². The third-order valence-electron chi connectivity index (χ3n) is 3.47. The summed E-state index contributed by atoms with van der Waals surface area (Å²) in [5.74, 6) is 7.10. The first kappa shape index (κ1) is 12.3. The van der Waals surface area contributed by atoms with Crippen LogP contribution in [0.4, 0.5) is 5.82 Å². The van der Waals surface area contributed by atoms with E-state index < -0.39 is 0 Å². The second kappa shape index (κ2) is 4.41. The molecule has 0 aliphatic heterocycles. The van der Waals surface area contributed by atoms with Crippen LogP contribution in [0, 0.1) is 6.92 Å². The van der Waals surface area contributed by atoms with Gasteiger partial charge < -0.3 is 11.6 Å². The third kappa shape index (κ3) is 1.73. The van der Waals surface area contributed by atoms with Gasteiger partial charge in [-0.1, -0.05) is 30.3 Å². The Kier molecular flexibility index (Phi) is 2.71. The van der Waals surface area contributed by atoms with Crippen molar-refractivity contribution in [2.24, 2.45) is 7.05 Å². The third-order valence-corrected chi connectivity index (χ3v) is 3.47. The standard InChI is InChI=1S/C14H16N6/c1-9-11(8-17-19(9)2)12-13(15)20(16)14(18-12)10-6-4-3-5-7-10/h3-8H,15-16H2,1-2H3. The van der Waals surface area contributed by atoms with Gasteiger partial charge in [0.1, 0.15) is 5.69 Å². The fourth-order valence-electron chi connectivity index (χ4n) is 2.17. The molecule has 0 atom stereocenters. The van der Waals surface area contributed by atoms with E-state index in [9.17, 15) is 0 Å². The number of imidazole rings is 1. The van der Waals surface area contributed by atoms with Crippen LogP contribution in [0.2, 0.25) is 0 Å². The molecule has 0 bridgehead atoms. The molecule has 0 aliphatic rings. The maximum Gasteiger partial charge on any atom is 0.160 e. The second-order valence-electron chi connectivity index (χ2n) is 4.67. The Morgan fingerprint density at radius 1 is 1.15 bits per heavy atom. The number of rotatable bonds is 2. The van der Waals surface area contributed by atoms with Crippen LogP contribution in [0.15, 0.2) is 36.5 Å². The molecule has 0 spiro atoms. The van der Waals surface area contributed by atoms with Gasteiger partial charge in [-0.05, 0) is 6.92 Å². The molecule has 0 aliphatic carbocycles. The average molecular weight is 268 g/mol. The van der Waals surface area contributed by atoms with Gasteiger partial charge in [0.25, 0.3) is 0 Å². The SMILES string of the molecule is Cc1c(-c2nc(-c3ccccc3)n(N)c2N)cnn1C. The molecule has 3 rings (SSSR count). The van der Waals surface area contributed by atoms with Crippen molar-refractivity contribution in [3.05, 3.63) is 42.2 Å². The number of hydrogen-bond acceptors (Lipinski definition) is 4. The fraction of sp³-hybridized carbons (Fsp3) is 0.143. The van der Waals surface area contributed by atoms with Crippen LogP contribution in [-0.2, 0) is 7.05 Å². The minimum Gasteiger partial charge on any atom is -0.382 e. The summed E-state index contributed by atoms with van der Waals surface area (Å²) in [5.41, 5.74) is 9.57. The first-order valence-corrected chi connectivity index (χ1v) is 6.27. The van der Waals surface area contributed by atoms with Crippen LogP contribution in [0.5, 0.6) is 0 Å². The van der Waals surface area contributed by atoms with Crippen molar-refractivity contribution in [1.82, 2.24) is 19.4 Å². The van der Waals surface area contributed by atoms with Gasteiger partial charge in [0.05, 0.1) is 6.20 Å². The Bertz CT molecular complexity index is 754. The van der Waals surface area contributed by atoms with Crippen LogP contribution in [0.3, 0.4) is 0 Å². The van der Waals surface area contributed by atoms with Crippen molar-refractivity contribution < 1.29 is 0 Å². The lowest BCUT2D eigenvalue weighted by molar-refractivity contribution is 0.740. The van der Waals surface area contributed by atoms with E-state index in [1.165, 1.54) is 4.68 Å². The molecule has 20 heavy (non-hydrogen) atoms. The lowest BCUT2D eigenvalue weighted by Crippen LogP contribution is -2.13. The van der Waals surface area contributed by atoms with E-state index >= 15 is 0 Å². The first-order chi connectivity index (χ1) is 9.59. The van der Waals surface area contributed by atoms with E-state index in [0.717, 1.165) is 16.8 Å². The molecule has 0 saturated heterocycles. The Morgan fingerprint density at radius 2 is 1.85 bits per heavy atom. The van der Waals surface area contributed by atoms with Gasteiger partial charge in [-0.3, -0.25) is 4.68 Å². The number of hydrogen-bond donors (Lipinski definition) is 2. The number of nitrogens with two attached hydrogens (primary N) is 2. The summed E-state index contributed by atoms with van der Waals surface area (Å²) in [6.07, 6.45) is 1.75. The lowest BCUT2D eigenvalue weighted by Gasteiger charge is -2.02. The van der Waals surface area contributed by atoms with Crippen LogP contribution in [0.1, 0.15) is 5.69 Å². The molecule has 2 aromatic heterocycles. The van der Waals surface area contributed by atoms with Crippen molar-refractivity contribution >= 4 is 5.82 Å². The normalized spacial score (nSPS) is 10.9. The minimum atomic E-state index is 0.431. The first-order valence-electron chi connectivity index (χ1n) is 6.27. The molecule has 102 valence electrons. The Morgan fingerprint density at radius 3 is 2.45 bits per heavy atom. The van der Waals surface area contributed by atoms with Crippen LogP contribution in [-0.4, -0.2) is 19.4 Å². The van der Waals surface area contributed by atoms with Gasteiger partial charge in [0, 0.05) is 23.9 Å². The molecule has 2 heterocycles. The summed E-state index contributed by atoms with van der Waals surface area (Å²) in [6.45, 7) is 1.97. The number of nitrogen functional groups attached to an aromatic ring is 2. The summed E-state index contributed by atoms with van der Waals surface area (Å²) in [6, 6.07) is 9.73. The molecule has 4 N–H and O–H groups in total. The molecule has 6 heteroatoms. The lowest BCUT2D eigenvalue weighted by atomic mass is 10.2. The van der Waals surface area contributed by atoms with E-state index in [1.54, 1.807) is 10.9 Å². The van der Waals surface area contributed by atoms with Crippen molar-refractivity contribution in [2.45, 2.75) is 6.92 Å². The zero-order valence-electron chi connectivity index (χ0n) is 11.4. The largest absolute Gasteiger partial charge is 0.382 e. The van der Waals surface area contributed by atoms with Gasteiger partial charge in [-0.2, -0.15) is 5.10 Å². The summed E-state index contributed by atoms with van der Waals surface area (Å²) in [7, 11) is 1.88. The summed E-state index contributed by atoms with van der Waals surface area (Å²) in [5, 5.41) is 4.22. The van der Waals surface area contributed by atoms with E-state index in [2.05, 4.69) is 10.1 Å². The van der Waals surface area contributed by atoms with Crippen molar-refractivity contribution in [2.75, 3.05) is 11.6 Å². The van der Waals surface area contributed by atoms with Crippen LogP contribution in [0.25, 0.3) is 22.6 Å². The van der Waals surface area contributed by atoms with Gasteiger partial charge in [-0.15, -0.1) is 0 Å². The van der Waals surface area contributed by atoms with Crippen molar-refractivity contribution in [1.29, 1.82) is 0 Å². The molecule has 0 fully saturated rings. The minimum absolute atomic E-state index is 0.431. The number of nitrogens with zero attached hydrogens (tertiary/aromatic N) is 4. The fourth-order valence-corrected chi connectivity index (χ4v) is 2.17. The Labute approximate surface area is 116 Å². The van der Waals surface area contributed by atoms with Gasteiger partial charge in [0.15, 0.2) is 11.6 Å². The zero-order valence-corrected chi connectivity index (χ0v) is 11.4. The number of aromatic nitrogens is 4. The van der Waals surface area contributed by atoms with Gasteiger partial charge in [-0.25, -0.2) is 9.66 Å². The monoisotopic (exact) mass is 268 g/mol. The number of anilines is 1. The smallest absolute Gasteiger partial charge is 0.160 e. The topological polar surface area (TPSA) is 87.7 Å². The predicted octanol–water partition coefficient (Wildman–Crippen LogP) is 1.56. The van der Waals surface area contributed by atoms with Crippen LogP contribution >= 0.6 is 0 Å². The zero-order chi connectivity index (χ0) is 14.3. The maximum absolute atomic E-state index is 6.09. The Balaban J connectivity index is 2.18. The molecule has 1 aromatic carbocycles. The van der Waals surface area contributed by atoms with Crippen molar-refractivity contribution in [3.8, 4) is 22.6 Å². The predicted molar refractivity (Wildman–Crippen MR) is 79.2 cm³/mol. The quantitative estimate of drug-likeness (QED) is 0.690. The highest BCUT2D eigenvalue weighted by Crippen LogP contribution is 2.30. The molecule has 0 saturated carbocycles. The summed E-state index contributed by atoms with van der Waals surface area (Å²) in [4.78, 5) is 4.58. The maximum atomic E-state index is 6.09. The molecule has 3 aromatic rings. The molecule has 6 nitrogen and oxygen atoms in total. The Hall–Kier alpha value is -2.76. The van der Waals surface area contributed by atoms with E-state index in [4.69, 9.17) is 11.6 Å². The second-order valence-corrected chi connectivity index (χ2v) is 4.67. The molecular formula is C14H16N6. The summed E-state index contributed by atoms with van der Waals surface area (Å²) < 4.78 is 3.20. The highest BCUT2D eigenvalue weighted by molar-refractivity contribution is 5.76. The highest BCUT2D eigenvalue weighted by Gasteiger charge is 2.18. The molecular weight excluding hydrogens is 252 g/mol. The molecule has 0 radical (unpaired) electrons. The number of benzene rings is 1. The number of aryl methyl sites for hydroxylation is 1. The summed E-state index contributed by atoms with van der Waals surface area (Å²) >= 11 is 0.